The lowest BCUT2D eigenvalue weighted by atomic mass is 9.81. The molecule has 2 saturated carbocycles. The second-order valence-electron chi connectivity index (χ2n) is 6.92. The van der Waals surface area contributed by atoms with Gasteiger partial charge in [0.1, 0.15) is 6.17 Å². The summed E-state index contributed by atoms with van der Waals surface area (Å²) >= 11 is 0. The molecule has 4 heteroatoms. The molecule has 0 aromatic heterocycles. The number of alkyl halides is 1. The Hall–Kier alpha value is -0.900. The molecule has 0 aromatic rings. The summed E-state index contributed by atoms with van der Waals surface area (Å²) < 4.78 is 19.5. The lowest BCUT2D eigenvalue weighted by Gasteiger charge is -2.24. The smallest absolute Gasteiger partial charge is 0.225 e. The molecule has 20 heavy (non-hydrogen) atoms. The van der Waals surface area contributed by atoms with Gasteiger partial charge in [-0.1, -0.05) is 12.2 Å². The van der Waals surface area contributed by atoms with Crippen LogP contribution in [0.3, 0.4) is 0 Å². The van der Waals surface area contributed by atoms with Crippen LogP contribution in [0.1, 0.15) is 25.7 Å². The Balaban J connectivity index is 1.42. The number of halogens is 1. The maximum Gasteiger partial charge on any atom is 0.225 e. The molecule has 2 heterocycles. The first-order chi connectivity index (χ1) is 9.65. The number of carbonyl (C=O) groups excluding carboxylic acids is 1. The van der Waals surface area contributed by atoms with Crippen molar-refractivity contribution in [3.8, 4) is 0 Å². The molecule has 4 rings (SSSR count). The van der Waals surface area contributed by atoms with E-state index in [1.165, 1.54) is 0 Å². The minimum atomic E-state index is -0.720. The average molecular weight is 279 g/mol. The Morgan fingerprint density at radius 2 is 2.20 bits per heavy atom. The van der Waals surface area contributed by atoms with Crippen LogP contribution in [0.15, 0.2) is 12.2 Å². The predicted molar refractivity (Wildman–Crippen MR) is 72.8 cm³/mol. The van der Waals surface area contributed by atoms with Gasteiger partial charge in [-0.3, -0.25) is 4.79 Å². The second kappa shape index (κ2) is 4.55. The zero-order valence-corrected chi connectivity index (χ0v) is 11.8. The van der Waals surface area contributed by atoms with Crippen molar-refractivity contribution in [1.29, 1.82) is 0 Å². The van der Waals surface area contributed by atoms with Gasteiger partial charge in [-0.25, -0.2) is 4.39 Å². The van der Waals surface area contributed by atoms with Crippen molar-refractivity contribution in [3.05, 3.63) is 12.2 Å². The molecule has 0 unspecified atom stereocenters. The molecule has 0 aromatic carbocycles. The molecule has 0 radical (unpaired) electrons. The van der Waals surface area contributed by atoms with Gasteiger partial charge in [-0.15, -0.1) is 0 Å². The molecule has 6 atom stereocenters. The molecule has 2 saturated heterocycles. The summed E-state index contributed by atoms with van der Waals surface area (Å²) in [6, 6.07) is 0. The molecule has 110 valence electrons. The number of hydrogen-bond donors (Lipinski definition) is 0. The number of allylic oxidation sites excluding steroid dienone is 1. The summed E-state index contributed by atoms with van der Waals surface area (Å²) in [5.74, 6) is 1.33. The van der Waals surface area contributed by atoms with Crippen LogP contribution in [-0.4, -0.2) is 42.8 Å². The number of likely N-dealkylation sites (tertiary alicyclic amines) is 1. The van der Waals surface area contributed by atoms with Gasteiger partial charge in [0.2, 0.25) is 5.91 Å². The largest absolute Gasteiger partial charge is 0.378 e. The summed E-state index contributed by atoms with van der Waals surface area (Å²) in [5, 5.41) is 0. The zero-order valence-electron chi connectivity index (χ0n) is 11.8. The first-order valence-electron chi connectivity index (χ1n) is 7.87. The summed E-state index contributed by atoms with van der Waals surface area (Å²) in [4.78, 5) is 14.3. The predicted octanol–water partition coefficient (Wildman–Crippen LogP) is 2.17. The number of hydrogen-bond acceptors (Lipinski definition) is 2. The number of carbonyl (C=O) groups is 1. The number of amides is 1. The SMILES string of the molecule is C=C1[C@H]2[C@@H]3CN(C(=O)C[C@H]4CCCO4)C[C@@H]3[C@@H]1C[C@H]2F. The van der Waals surface area contributed by atoms with E-state index in [4.69, 9.17) is 4.74 Å². The fraction of sp³-hybridized carbons (Fsp3) is 0.812. The highest BCUT2D eigenvalue weighted by Crippen LogP contribution is 2.58. The molecule has 1 amide bonds. The van der Waals surface area contributed by atoms with Gasteiger partial charge in [-0.2, -0.15) is 0 Å². The lowest BCUT2D eigenvalue weighted by Crippen LogP contribution is -2.33. The van der Waals surface area contributed by atoms with E-state index in [1.807, 2.05) is 4.90 Å². The van der Waals surface area contributed by atoms with E-state index in [-0.39, 0.29) is 17.9 Å². The van der Waals surface area contributed by atoms with Crippen molar-refractivity contribution in [2.45, 2.75) is 38.0 Å². The minimum absolute atomic E-state index is 0.0190. The van der Waals surface area contributed by atoms with Gasteiger partial charge in [0, 0.05) is 25.6 Å². The third-order valence-electron chi connectivity index (χ3n) is 5.94. The summed E-state index contributed by atoms with van der Waals surface area (Å²) in [6.07, 6.45) is 2.61. The van der Waals surface area contributed by atoms with E-state index >= 15 is 0 Å². The molecule has 4 fully saturated rings. The Kier molecular flexibility index (Phi) is 2.92. The average Bonchev–Trinajstić information content (AvgIpc) is 3.12. The minimum Gasteiger partial charge on any atom is -0.378 e. The van der Waals surface area contributed by atoms with Crippen molar-refractivity contribution in [2.75, 3.05) is 19.7 Å². The number of rotatable bonds is 2. The fourth-order valence-corrected chi connectivity index (χ4v) is 5.01. The summed E-state index contributed by atoms with van der Waals surface area (Å²) in [5.41, 5.74) is 1.12. The highest BCUT2D eigenvalue weighted by molar-refractivity contribution is 5.77. The van der Waals surface area contributed by atoms with Gasteiger partial charge in [-0.05, 0) is 37.0 Å². The Morgan fingerprint density at radius 3 is 2.95 bits per heavy atom. The number of ether oxygens (including phenoxy) is 1. The second-order valence-corrected chi connectivity index (χ2v) is 6.92. The van der Waals surface area contributed by atoms with Crippen molar-refractivity contribution in [1.82, 2.24) is 4.90 Å². The van der Waals surface area contributed by atoms with Crippen LogP contribution in [0.4, 0.5) is 4.39 Å². The van der Waals surface area contributed by atoms with Crippen LogP contribution < -0.4 is 0 Å². The lowest BCUT2D eigenvalue weighted by molar-refractivity contribution is -0.132. The van der Waals surface area contributed by atoms with E-state index in [9.17, 15) is 9.18 Å². The normalized spacial score (nSPS) is 46.2. The van der Waals surface area contributed by atoms with Crippen molar-refractivity contribution in [2.24, 2.45) is 23.7 Å². The summed E-state index contributed by atoms with van der Waals surface area (Å²) in [6.45, 7) is 6.43. The van der Waals surface area contributed by atoms with E-state index in [2.05, 4.69) is 6.58 Å². The molecule has 4 aliphatic rings. The monoisotopic (exact) mass is 279 g/mol. The van der Waals surface area contributed by atoms with Crippen LogP contribution in [-0.2, 0) is 9.53 Å². The van der Waals surface area contributed by atoms with E-state index in [0.717, 1.165) is 38.1 Å². The van der Waals surface area contributed by atoms with Gasteiger partial charge in [0.25, 0.3) is 0 Å². The third-order valence-corrected chi connectivity index (χ3v) is 5.94. The maximum absolute atomic E-state index is 14.0. The molecular formula is C16H22FNO2. The first-order valence-corrected chi connectivity index (χ1v) is 7.87. The van der Waals surface area contributed by atoms with Crippen molar-refractivity contribution < 1.29 is 13.9 Å². The number of fused-ring (bicyclic) bond motifs is 5. The molecule has 0 spiro atoms. The highest BCUT2D eigenvalue weighted by Gasteiger charge is 2.58. The quantitative estimate of drug-likeness (QED) is 0.725. The van der Waals surface area contributed by atoms with Crippen LogP contribution in [0.5, 0.6) is 0 Å². The van der Waals surface area contributed by atoms with Gasteiger partial charge >= 0.3 is 0 Å². The van der Waals surface area contributed by atoms with Crippen LogP contribution in [0.25, 0.3) is 0 Å². The number of nitrogens with zero attached hydrogens (tertiary/aromatic N) is 1. The molecule has 0 N–H and O–H groups in total. The van der Waals surface area contributed by atoms with Crippen LogP contribution >= 0.6 is 0 Å². The third kappa shape index (κ3) is 1.77. The standard InChI is InChI=1S/C16H22FNO2/c1-9-11-6-14(17)16(9)13-8-18(7-12(11)13)15(19)5-10-3-2-4-20-10/h10-14,16H,1-8H2/t10-,11-,12-,13-,14-,16+/m1/s1. The van der Waals surface area contributed by atoms with E-state index in [0.29, 0.717) is 30.6 Å². The Labute approximate surface area is 119 Å². The highest BCUT2D eigenvalue weighted by atomic mass is 19.1. The molecule has 2 aliphatic heterocycles. The van der Waals surface area contributed by atoms with Gasteiger partial charge < -0.3 is 9.64 Å². The zero-order chi connectivity index (χ0) is 13.9. The van der Waals surface area contributed by atoms with Crippen molar-refractivity contribution >= 4 is 5.91 Å². The topological polar surface area (TPSA) is 29.5 Å². The summed E-state index contributed by atoms with van der Waals surface area (Å²) in [7, 11) is 0. The van der Waals surface area contributed by atoms with Crippen LogP contribution in [0, 0.1) is 23.7 Å². The Morgan fingerprint density at radius 1 is 1.40 bits per heavy atom. The van der Waals surface area contributed by atoms with Crippen LogP contribution in [0.2, 0.25) is 0 Å². The fourth-order valence-electron chi connectivity index (χ4n) is 5.01. The molecule has 2 bridgehead atoms. The first kappa shape index (κ1) is 12.8. The molecule has 2 aliphatic carbocycles. The van der Waals surface area contributed by atoms with Gasteiger partial charge in [0.15, 0.2) is 0 Å². The maximum atomic E-state index is 14.0. The van der Waals surface area contributed by atoms with E-state index in [1.54, 1.807) is 0 Å². The van der Waals surface area contributed by atoms with Crippen molar-refractivity contribution in [3.63, 3.8) is 0 Å². The molecular weight excluding hydrogens is 257 g/mol. The van der Waals surface area contributed by atoms with E-state index < -0.39 is 6.17 Å². The molecule has 3 nitrogen and oxygen atoms in total. The van der Waals surface area contributed by atoms with Gasteiger partial charge in [0.05, 0.1) is 12.5 Å². The Bertz CT molecular complexity index is 446.